The number of hydrogen-bond acceptors (Lipinski definition) is 5. The summed E-state index contributed by atoms with van der Waals surface area (Å²) < 4.78 is 16.2. The molecule has 1 aromatic heterocycles. The Morgan fingerprint density at radius 2 is 1.66 bits per heavy atom. The van der Waals surface area contributed by atoms with E-state index in [-0.39, 0.29) is 0 Å². The van der Waals surface area contributed by atoms with E-state index in [0.29, 0.717) is 24.6 Å². The molecular weight excluding hydrogens is 404 g/mol. The lowest BCUT2D eigenvalue weighted by Crippen LogP contribution is -2.36. The molecule has 0 aliphatic heterocycles. The van der Waals surface area contributed by atoms with Gasteiger partial charge in [-0.2, -0.15) is 0 Å². The molecule has 0 bridgehead atoms. The average Bonchev–Trinajstić information content (AvgIpc) is 3.32. The first-order valence-corrected chi connectivity index (χ1v) is 10.6. The molecule has 2 N–H and O–H groups in total. The number of methoxy groups -OCH3 is 2. The largest absolute Gasteiger partial charge is 0.493 e. The minimum Gasteiger partial charge on any atom is -0.493 e. The van der Waals surface area contributed by atoms with Gasteiger partial charge in [-0.3, -0.25) is 9.89 Å². The molecule has 0 saturated heterocycles. The number of ether oxygens (including phenoxy) is 2. The normalized spacial score (nSPS) is 11.5. The van der Waals surface area contributed by atoms with Crippen LogP contribution >= 0.6 is 0 Å². The molecule has 1 heterocycles. The Labute approximate surface area is 190 Å². The molecule has 170 valence electrons. The van der Waals surface area contributed by atoms with Crippen LogP contribution in [0.5, 0.6) is 11.5 Å². The minimum absolute atomic E-state index is 0.619. The van der Waals surface area contributed by atoms with E-state index in [1.54, 1.807) is 27.5 Å². The predicted molar refractivity (Wildman–Crippen MR) is 127 cm³/mol. The molecular formula is C25H32N4O3. The number of rotatable bonds is 10. The topological polar surface area (TPSA) is 71.3 Å². The summed E-state index contributed by atoms with van der Waals surface area (Å²) in [5.74, 6) is 3.12. The zero-order valence-corrected chi connectivity index (χ0v) is 19.2. The van der Waals surface area contributed by atoms with Gasteiger partial charge in [-0.1, -0.05) is 30.3 Å². The number of aliphatic imine (C=N–C) groups is 1. The lowest BCUT2D eigenvalue weighted by atomic mass is 10.1. The van der Waals surface area contributed by atoms with Gasteiger partial charge in [0.15, 0.2) is 17.5 Å². The quantitative estimate of drug-likeness (QED) is 0.372. The van der Waals surface area contributed by atoms with E-state index in [1.807, 2.05) is 30.3 Å². The molecule has 2 aromatic carbocycles. The fourth-order valence-electron chi connectivity index (χ4n) is 3.48. The van der Waals surface area contributed by atoms with Gasteiger partial charge in [0.2, 0.25) is 0 Å². The van der Waals surface area contributed by atoms with Gasteiger partial charge in [0.25, 0.3) is 0 Å². The van der Waals surface area contributed by atoms with E-state index in [2.05, 4.69) is 51.8 Å². The zero-order chi connectivity index (χ0) is 22.8. The van der Waals surface area contributed by atoms with Crippen molar-refractivity contribution in [1.29, 1.82) is 0 Å². The number of guanidine groups is 1. The van der Waals surface area contributed by atoms with Gasteiger partial charge in [0, 0.05) is 26.7 Å². The summed E-state index contributed by atoms with van der Waals surface area (Å²) in [6.45, 7) is 2.89. The van der Waals surface area contributed by atoms with Gasteiger partial charge in [0.05, 0.1) is 27.0 Å². The smallest absolute Gasteiger partial charge is 0.191 e. The first kappa shape index (κ1) is 23.2. The summed E-state index contributed by atoms with van der Waals surface area (Å²) in [7, 11) is 7.14. The Hall–Kier alpha value is -3.45. The van der Waals surface area contributed by atoms with Crippen molar-refractivity contribution in [2.24, 2.45) is 4.99 Å². The summed E-state index contributed by atoms with van der Waals surface area (Å²) >= 11 is 0. The summed E-state index contributed by atoms with van der Waals surface area (Å²) in [5, 5.41) is 6.77. The highest BCUT2D eigenvalue weighted by Crippen LogP contribution is 2.27. The number of nitrogens with one attached hydrogen (secondary N) is 2. The standard InChI is InChI=1S/C25H32N4O3/c1-26-25(27-15-19-11-12-23(30-3)24(14-19)31-4)28-16-20-8-5-6-9-21(20)17-29(2)18-22-10-7-13-32-22/h5-14H,15-18H2,1-4H3,(H2,26,27,28). The predicted octanol–water partition coefficient (Wildman–Crippen LogP) is 3.79. The fourth-order valence-corrected chi connectivity index (χ4v) is 3.48. The Morgan fingerprint density at radius 1 is 0.906 bits per heavy atom. The van der Waals surface area contributed by atoms with Crippen molar-refractivity contribution in [2.45, 2.75) is 26.2 Å². The van der Waals surface area contributed by atoms with E-state index < -0.39 is 0 Å². The van der Waals surface area contributed by atoms with Gasteiger partial charge in [-0.05, 0) is 48.0 Å². The van der Waals surface area contributed by atoms with Crippen LogP contribution in [-0.4, -0.2) is 39.2 Å². The third-order valence-electron chi connectivity index (χ3n) is 5.14. The number of nitrogens with zero attached hydrogens (tertiary/aromatic N) is 2. The molecule has 0 atom stereocenters. The zero-order valence-electron chi connectivity index (χ0n) is 19.2. The first-order valence-electron chi connectivity index (χ1n) is 10.6. The lowest BCUT2D eigenvalue weighted by Gasteiger charge is -2.19. The van der Waals surface area contributed by atoms with Crippen LogP contribution in [0, 0.1) is 0 Å². The van der Waals surface area contributed by atoms with Gasteiger partial charge in [0.1, 0.15) is 5.76 Å². The van der Waals surface area contributed by atoms with Crippen LogP contribution in [-0.2, 0) is 26.2 Å². The van der Waals surface area contributed by atoms with Crippen LogP contribution < -0.4 is 20.1 Å². The van der Waals surface area contributed by atoms with Crippen LogP contribution in [0.3, 0.4) is 0 Å². The maximum atomic E-state index is 5.46. The van der Waals surface area contributed by atoms with E-state index in [0.717, 1.165) is 30.4 Å². The van der Waals surface area contributed by atoms with Crippen molar-refractivity contribution in [3.8, 4) is 11.5 Å². The summed E-state index contributed by atoms with van der Waals surface area (Å²) in [5.41, 5.74) is 3.57. The van der Waals surface area contributed by atoms with Crippen molar-refractivity contribution in [3.05, 3.63) is 83.3 Å². The lowest BCUT2D eigenvalue weighted by molar-refractivity contribution is 0.287. The molecule has 0 saturated carbocycles. The summed E-state index contributed by atoms with van der Waals surface area (Å²) in [6, 6.07) is 18.2. The number of hydrogen-bond donors (Lipinski definition) is 2. The second-order valence-corrected chi connectivity index (χ2v) is 7.49. The van der Waals surface area contributed by atoms with E-state index in [1.165, 1.54) is 11.1 Å². The van der Waals surface area contributed by atoms with Crippen LogP contribution in [0.2, 0.25) is 0 Å². The second kappa shape index (κ2) is 11.8. The molecule has 3 aromatic rings. The fraction of sp³-hybridized carbons (Fsp3) is 0.320. The van der Waals surface area contributed by atoms with Crippen LogP contribution in [0.25, 0.3) is 0 Å². The monoisotopic (exact) mass is 436 g/mol. The second-order valence-electron chi connectivity index (χ2n) is 7.49. The molecule has 0 unspecified atom stereocenters. The Kier molecular flexibility index (Phi) is 8.57. The summed E-state index contributed by atoms with van der Waals surface area (Å²) in [4.78, 5) is 6.59. The summed E-state index contributed by atoms with van der Waals surface area (Å²) in [6.07, 6.45) is 1.71. The highest BCUT2D eigenvalue weighted by Gasteiger charge is 2.09. The van der Waals surface area contributed by atoms with Crippen LogP contribution in [0.15, 0.2) is 70.3 Å². The SMILES string of the molecule is CN=C(NCc1ccc(OC)c(OC)c1)NCc1ccccc1CN(C)Cc1ccco1. The van der Waals surface area contributed by atoms with Crippen molar-refractivity contribution in [3.63, 3.8) is 0 Å². The van der Waals surface area contributed by atoms with Crippen molar-refractivity contribution in [2.75, 3.05) is 28.3 Å². The van der Waals surface area contributed by atoms with Crippen molar-refractivity contribution < 1.29 is 13.9 Å². The molecule has 0 aliphatic rings. The molecule has 0 spiro atoms. The molecule has 0 fully saturated rings. The molecule has 0 aliphatic carbocycles. The number of furan rings is 1. The molecule has 0 amide bonds. The molecule has 32 heavy (non-hydrogen) atoms. The highest BCUT2D eigenvalue weighted by atomic mass is 16.5. The third kappa shape index (κ3) is 6.52. The molecule has 0 radical (unpaired) electrons. The highest BCUT2D eigenvalue weighted by molar-refractivity contribution is 5.79. The molecule has 3 rings (SSSR count). The van der Waals surface area contributed by atoms with Gasteiger partial charge >= 0.3 is 0 Å². The minimum atomic E-state index is 0.619. The van der Waals surface area contributed by atoms with E-state index >= 15 is 0 Å². The van der Waals surface area contributed by atoms with Gasteiger partial charge < -0.3 is 24.5 Å². The maximum absolute atomic E-state index is 5.46. The van der Waals surface area contributed by atoms with Crippen LogP contribution in [0.1, 0.15) is 22.5 Å². The maximum Gasteiger partial charge on any atom is 0.191 e. The van der Waals surface area contributed by atoms with Crippen molar-refractivity contribution in [1.82, 2.24) is 15.5 Å². The van der Waals surface area contributed by atoms with Gasteiger partial charge in [-0.15, -0.1) is 0 Å². The Bertz CT molecular complexity index is 1000. The third-order valence-corrected chi connectivity index (χ3v) is 5.14. The van der Waals surface area contributed by atoms with Crippen LogP contribution in [0.4, 0.5) is 0 Å². The van der Waals surface area contributed by atoms with Crippen molar-refractivity contribution >= 4 is 5.96 Å². The van der Waals surface area contributed by atoms with Gasteiger partial charge in [-0.25, -0.2) is 0 Å². The van der Waals surface area contributed by atoms with E-state index in [4.69, 9.17) is 13.9 Å². The Morgan fingerprint density at radius 3 is 2.34 bits per heavy atom. The molecule has 7 heteroatoms. The number of benzene rings is 2. The van der Waals surface area contributed by atoms with E-state index in [9.17, 15) is 0 Å². The first-order chi connectivity index (χ1) is 15.6. The Balaban J connectivity index is 1.56. The average molecular weight is 437 g/mol. The molecule has 7 nitrogen and oxygen atoms in total.